The van der Waals surface area contributed by atoms with Gasteiger partial charge in [-0.1, -0.05) is 29.5 Å². The third kappa shape index (κ3) is 3.99. The second-order valence-electron chi connectivity index (χ2n) is 5.72. The van der Waals surface area contributed by atoms with E-state index in [0.29, 0.717) is 16.0 Å². The number of carboxylic acid groups (broad SMARTS) is 1. The smallest absolute Gasteiger partial charge is 0.322 e. The first kappa shape index (κ1) is 19.1. The Morgan fingerprint density at radius 2 is 1.71 bits per heavy atom. The van der Waals surface area contributed by atoms with Crippen molar-refractivity contribution in [3.63, 3.8) is 0 Å². The number of amides is 2. The normalized spacial score (nSPS) is 10.4. The molecule has 4 N–H and O–H groups in total. The summed E-state index contributed by atoms with van der Waals surface area (Å²) in [7, 11) is 0. The molecule has 3 aromatic rings. The third-order valence-corrected chi connectivity index (χ3v) is 4.77. The SMILES string of the molecule is O=C(O)CNC(=O)c1c(O)sc2ccc(NC(=O)c3ccccc3)cc2c1=O. The molecular formula is C19H14N2O6S. The fourth-order valence-corrected chi connectivity index (χ4v) is 3.39. The van der Waals surface area contributed by atoms with Gasteiger partial charge < -0.3 is 20.8 Å². The monoisotopic (exact) mass is 398 g/mol. The number of carboxylic acids is 1. The van der Waals surface area contributed by atoms with Gasteiger partial charge in [0.1, 0.15) is 12.1 Å². The molecule has 0 aliphatic rings. The fraction of sp³-hybridized carbons (Fsp3) is 0.0526. The van der Waals surface area contributed by atoms with Crippen LogP contribution < -0.4 is 16.1 Å². The van der Waals surface area contributed by atoms with Crippen molar-refractivity contribution in [1.29, 1.82) is 0 Å². The van der Waals surface area contributed by atoms with Crippen LogP contribution in [0.3, 0.4) is 0 Å². The summed E-state index contributed by atoms with van der Waals surface area (Å²) in [6.07, 6.45) is 0. The molecule has 3 rings (SSSR count). The number of hydrogen-bond acceptors (Lipinski definition) is 6. The zero-order valence-corrected chi connectivity index (χ0v) is 15.1. The standard InChI is InChI=1S/C19H14N2O6S/c22-14(23)9-20-18(26)15-16(24)12-8-11(6-7-13(12)28-19(15)27)21-17(25)10-4-2-1-3-5-10/h1-8,27H,9H2,(H,20,26)(H,21,25)(H,22,23). The second kappa shape index (κ2) is 7.89. The lowest BCUT2D eigenvalue weighted by Crippen LogP contribution is -2.32. The molecule has 2 amide bonds. The van der Waals surface area contributed by atoms with Gasteiger partial charge in [-0.05, 0) is 30.3 Å². The van der Waals surface area contributed by atoms with Crippen molar-refractivity contribution in [2.75, 3.05) is 11.9 Å². The lowest BCUT2D eigenvalue weighted by molar-refractivity contribution is -0.135. The van der Waals surface area contributed by atoms with E-state index in [1.165, 1.54) is 6.07 Å². The highest BCUT2D eigenvalue weighted by atomic mass is 32.1. The van der Waals surface area contributed by atoms with Crippen molar-refractivity contribution < 1.29 is 24.6 Å². The molecule has 0 spiro atoms. The molecule has 0 radical (unpaired) electrons. The molecule has 0 fully saturated rings. The van der Waals surface area contributed by atoms with Crippen LogP contribution in [0.15, 0.2) is 53.3 Å². The van der Waals surface area contributed by atoms with Gasteiger partial charge in [0.05, 0.1) is 0 Å². The van der Waals surface area contributed by atoms with Crippen LogP contribution in [-0.2, 0) is 4.79 Å². The molecule has 1 heterocycles. The molecular weight excluding hydrogens is 384 g/mol. The summed E-state index contributed by atoms with van der Waals surface area (Å²) in [5.74, 6) is -2.63. The number of nitrogens with one attached hydrogen (secondary N) is 2. The Morgan fingerprint density at radius 1 is 1.00 bits per heavy atom. The van der Waals surface area contributed by atoms with Gasteiger partial charge in [0.25, 0.3) is 11.8 Å². The molecule has 142 valence electrons. The number of carbonyl (C=O) groups is 3. The molecule has 0 atom stereocenters. The van der Waals surface area contributed by atoms with Crippen LogP contribution in [0.25, 0.3) is 10.1 Å². The summed E-state index contributed by atoms with van der Waals surface area (Å²) >= 11 is 0.804. The Kier molecular flexibility index (Phi) is 5.37. The van der Waals surface area contributed by atoms with E-state index in [0.717, 1.165) is 11.3 Å². The molecule has 0 bridgehead atoms. The number of carbonyl (C=O) groups excluding carboxylic acids is 2. The molecule has 0 unspecified atom stereocenters. The Hall–Kier alpha value is -3.72. The largest absolute Gasteiger partial charge is 0.499 e. The van der Waals surface area contributed by atoms with Gasteiger partial charge >= 0.3 is 5.97 Å². The number of rotatable bonds is 5. The highest BCUT2D eigenvalue weighted by Crippen LogP contribution is 2.29. The Bertz CT molecular complexity index is 1140. The molecule has 0 saturated heterocycles. The van der Waals surface area contributed by atoms with E-state index in [9.17, 15) is 24.3 Å². The van der Waals surface area contributed by atoms with E-state index < -0.39 is 34.5 Å². The average molecular weight is 398 g/mol. The Balaban J connectivity index is 1.96. The van der Waals surface area contributed by atoms with Gasteiger partial charge in [-0.25, -0.2) is 0 Å². The van der Waals surface area contributed by atoms with Crippen molar-refractivity contribution >= 4 is 44.9 Å². The number of fused-ring (bicyclic) bond motifs is 1. The number of aliphatic carboxylic acids is 1. The quantitative estimate of drug-likeness (QED) is 0.520. The zero-order valence-electron chi connectivity index (χ0n) is 14.3. The van der Waals surface area contributed by atoms with Crippen LogP contribution >= 0.6 is 11.3 Å². The molecule has 28 heavy (non-hydrogen) atoms. The van der Waals surface area contributed by atoms with E-state index in [-0.39, 0.29) is 11.3 Å². The minimum atomic E-state index is -1.28. The summed E-state index contributed by atoms with van der Waals surface area (Å²) < 4.78 is 0.412. The first-order valence-electron chi connectivity index (χ1n) is 8.03. The molecule has 2 aromatic carbocycles. The zero-order chi connectivity index (χ0) is 20.3. The van der Waals surface area contributed by atoms with Gasteiger partial charge in [-0.3, -0.25) is 19.2 Å². The van der Waals surface area contributed by atoms with E-state index in [1.54, 1.807) is 42.5 Å². The number of benzene rings is 2. The molecule has 8 nitrogen and oxygen atoms in total. The maximum Gasteiger partial charge on any atom is 0.322 e. The second-order valence-corrected chi connectivity index (χ2v) is 6.75. The van der Waals surface area contributed by atoms with Gasteiger partial charge in [0.15, 0.2) is 5.06 Å². The van der Waals surface area contributed by atoms with Crippen molar-refractivity contribution in [2.45, 2.75) is 0 Å². The Morgan fingerprint density at radius 3 is 2.39 bits per heavy atom. The summed E-state index contributed by atoms with van der Waals surface area (Å²) in [4.78, 5) is 47.6. The van der Waals surface area contributed by atoms with Crippen molar-refractivity contribution in [3.05, 3.63) is 69.9 Å². The molecule has 9 heteroatoms. The number of aromatic hydroxyl groups is 1. The third-order valence-electron chi connectivity index (χ3n) is 3.79. The average Bonchev–Trinajstić information content (AvgIpc) is 2.67. The minimum Gasteiger partial charge on any atom is -0.499 e. The lowest BCUT2D eigenvalue weighted by Gasteiger charge is -2.08. The van der Waals surface area contributed by atoms with Gasteiger partial charge in [0, 0.05) is 21.3 Å². The predicted molar refractivity (Wildman–Crippen MR) is 104 cm³/mol. The summed E-state index contributed by atoms with van der Waals surface area (Å²) in [5, 5.41) is 23.0. The molecule has 0 aliphatic carbocycles. The summed E-state index contributed by atoms with van der Waals surface area (Å²) in [5.41, 5.74) is -0.518. The van der Waals surface area contributed by atoms with E-state index >= 15 is 0 Å². The first-order chi connectivity index (χ1) is 13.4. The van der Waals surface area contributed by atoms with Gasteiger partial charge in [0.2, 0.25) is 5.43 Å². The van der Waals surface area contributed by atoms with Gasteiger partial charge in [-0.2, -0.15) is 0 Å². The van der Waals surface area contributed by atoms with Crippen molar-refractivity contribution in [3.8, 4) is 5.06 Å². The van der Waals surface area contributed by atoms with Crippen LogP contribution in [0.5, 0.6) is 5.06 Å². The highest BCUT2D eigenvalue weighted by molar-refractivity contribution is 7.20. The molecule has 1 aromatic heterocycles. The molecule has 0 saturated carbocycles. The topological polar surface area (TPSA) is 133 Å². The Labute approximate surface area is 162 Å². The summed E-state index contributed by atoms with van der Waals surface area (Å²) in [6.45, 7) is -0.687. The van der Waals surface area contributed by atoms with Crippen LogP contribution in [0.2, 0.25) is 0 Å². The molecule has 0 aliphatic heterocycles. The number of anilines is 1. The first-order valence-corrected chi connectivity index (χ1v) is 8.84. The summed E-state index contributed by atoms with van der Waals surface area (Å²) in [6, 6.07) is 13.0. The van der Waals surface area contributed by atoms with Crippen LogP contribution in [0, 0.1) is 0 Å². The van der Waals surface area contributed by atoms with E-state index in [1.807, 2.05) is 0 Å². The number of hydrogen-bond donors (Lipinski definition) is 4. The van der Waals surface area contributed by atoms with Crippen LogP contribution in [0.1, 0.15) is 20.7 Å². The fourth-order valence-electron chi connectivity index (χ4n) is 2.50. The maximum atomic E-state index is 12.7. The van der Waals surface area contributed by atoms with Gasteiger partial charge in [-0.15, -0.1) is 0 Å². The van der Waals surface area contributed by atoms with Crippen LogP contribution in [-0.4, -0.2) is 34.5 Å². The highest BCUT2D eigenvalue weighted by Gasteiger charge is 2.20. The van der Waals surface area contributed by atoms with Crippen molar-refractivity contribution in [2.24, 2.45) is 0 Å². The maximum absolute atomic E-state index is 12.7. The van der Waals surface area contributed by atoms with E-state index in [2.05, 4.69) is 10.6 Å². The lowest BCUT2D eigenvalue weighted by atomic mass is 10.1. The van der Waals surface area contributed by atoms with Crippen molar-refractivity contribution in [1.82, 2.24) is 5.32 Å². The van der Waals surface area contributed by atoms with Crippen LogP contribution in [0.4, 0.5) is 5.69 Å². The predicted octanol–water partition coefficient (Wildman–Crippen LogP) is 2.03. The minimum absolute atomic E-state index is 0.120. The van der Waals surface area contributed by atoms with E-state index in [4.69, 9.17) is 5.11 Å².